The topological polar surface area (TPSA) is 51.4 Å². The zero-order valence-corrected chi connectivity index (χ0v) is 11.5. The number of anilines is 1. The van der Waals surface area contributed by atoms with Crippen molar-refractivity contribution in [1.82, 2.24) is 4.98 Å². The lowest BCUT2D eigenvalue weighted by Gasteiger charge is -2.43. The smallest absolute Gasteiger partial charge is 0.132 e. The highest BCUT2D eigenvalue weighted by Crippen LogP contribution is 2.28. The minimum Gasteiger partial charge on any atom is -0.377 e. The Morgan fingerprint density at radius 2 is 2.33 bits per heavy atom. The fourth-order valence-electron chi connectivity index (χ4n) is 2.43. The lowest BCUT2D eigenvalue weighted by molar-refractivity contribution is 0.0638. The fourth-order valence-corrected chi connectivity index (χ4v) is 2.43. The molecule has 2 rings (SSSR count). The van der Waals surface area contributed by atoms with Gasteiger partial charge in [-0.3, -0.25) is 0 Å². The Kier molecular flexibility index (Phi) is 3.88. The molecule has 0 aromatic carbocycles. The van der Waals surface area contributed by atoms with Gasteiger partial charge in [0, 0.05) is 18.8 Å². The van der Waals surface area contributed by atoms with Crippen LogP contribution in [0.4, 0.5) is 5.82 Å². The molecular formula is C14H23N3O. The van der Waals surface area contributed by atoms with Crippen molar-refractivity contribution in [2.45, 2.75) is 38.8 Å². The van der Waals surface area contributed by atoms with Gasteiger partial charge in [-0.05, 0) is 38.8 Å². The third-order valence-corrected chi connectivity index (χ3v) is 3.31. The van der Waals surface area contributed by atoms with Crippen molar-refractivity contribution in [1.29, 1.82) is 0 Å². The Morgan fingerprint density at radius 1 is 1.56 bits per heavy atom. The van der Waals surface area contributed by atoms with Gasteiger partial charge in [0.1, 0.15) is 5.82 Å². The average molecular weight is 249 g/mol. The summed E-state index contributed by atoms with van der Waals surface area (Å²) in [5.41, 5.74) is 7.13. The summed E-state index contributed by atoms with van der Waals surface area (Å²) in [4.78, 5) is 6.91. The SMILES string of the molecule is CC(N)Cc1cccnc1N1CCOCC1(C)C. The minimum absolute atomic E-state index is 0.0147. The lowest BCUT2D eigenvalue weighted by Crippen LogP contribution is -2.54. The van der Waals surface area contributed by atoms with Crippen LogP contribution in [0, 0.1) is 0 Å². The van der Waals surface area contributed by atoms with Gasteiger partial charge in [-0.25, -0.2) is 4.98 Å². The molecule has 1 saturated heterocycles. The van der Waals surface area contributed by atoms with Crippen molar-refractivity contribution in [3.63, 3.8) is 0 Å². The predicted molar refractivity (Wildman–Crippen MR) is 73.8 cm³/mol. The summed E-state index contributed by atoms with van der Waals surface area (Å²) in [6.45, 7) is 8.79. The Hall–Kier alpha value is -1.13. The van der Waals surface area contributed by atoms with Crippen LogP contribution in [-0.4, -0.2) is 36.3 Å². The molecule has 1 unspecified atom stereocenters. The number of ether oxygens (including phenoxy) is 1. The minimum atomic E-state index is -0.0147. The summed E-state index contributed by atoms with van der Waals surface area (Å²) < 4.78 is 5.56. The average Bonchev–Trinajstić information content (AvgIpc) is 2.29. The molecule has 0 amide bonds. The Morgan fingerprint density at radius 3 is 3.00 bits per heavy atom. The molecule has 0 radical (unpaired) electrons. The zero-order valence-electron chi connectivity index (χ0n) is 11.5. The number of morpholine rings is 1. The van der Waals surface area contributed by atoms with Gasteiger partial charge in [-0.15, -0.1) is 0 Å². The number of aromatic nitrogens is 1. The van der Waals surface area contributed by atoms with E-state index in [1.807, 2.05) is 19.2 Å². The predicted octanol–water partition coefficient (Wildman–Crippen LogP) is 1.59. The highest BCUT2D eigenvalue weighted by Gasteiger charge is 2.32. The first-order valence-electron chi connectivity index (χ1n) is 6.55. The number of pyridine rings is 1. The third kappa shape index (κ3) is 2.82. The van der Waals surface area contributed by atoms with E-state index >= 15 is 0 Å². The second kappa shape index (κ2) is 5.24. The fraction of sp³-hybridized carbons (Fsp3) is 0.643. The van der Waals surface area contributed by atoms with Crippen molar-refractivity contribution in [3.8, 4) is 0 Å². The normalized spacial score (nSPS) is 20.8. The van der Waals surface area contributed by atoms with E-state index < -0.39 is 0 Å². The first-order valence-corrected chi connectivity index (χ1v) is 6.55. The van der Waals surface area contributed by atoms with Crippen molar-refractivity contribution < 1.29 is 4.74 Å². The summed E-state index contributed by atoms with van der Waals surface area (Å²) in [6, 6.07) is 4.25. The van der Waals surface area contributed by atoms with E-state index in [1.54, 1.807) is 0 Å². The molecule has 2 heterocycles. The first kappa shape index (κ1) is 13.3. The maximum atomic E-state index is 5.92. The largest absolute Gasteiger partial charge is 0.377 e. The number of nitrogens with two attached hydrogens (primary N) is 1. The van der Waals surface area contributed by atoms with Crippen LogP contribution in [0.1, 0.15) is 26.3 Å². The van der Waals surface area contributed by atoms with Crippen LogP contribution >= 0.6 is 0 Å². The molecule has 1 fully saturated rings. The second-order valence-corrected chi connectivity index (χ2v) is 5.68. The maximum Gasteiger partial charge on any atom is 0.132 e. The van der Waals surface area contributed by atoms with Gasteiger partial charge in [-0.1, -0.05) is 6.07 Å². The van der Waals surface area contributed by atoms with Crippen LogP contribution in [0.25, 0.3) is 0 Å². The maximum absolute atomic E-state index is 5.92. The van der Waals surface area contributed by atoms with Gasteiger partial charge >= 0.3 is 0 Å². The monoisotopic (exact) mass is 249 g/mol. The molecule has 1 aliphatic heterocycles. The summed E-state index contributed by atoms with van der Waals surface area (Å²) >= 11 is 0. The van der Waals surface area contributed by atoms with Gasteiger partial charge < -0.3 is 15.4 Å². The van der Waals surface area contributed by atoms with E-state index in [9.17, 15) is 0 Å². The number of hydrogen-bond donors (Lipinski definition) is 1. The molecule has 1 aliphatic rings. The summed E-state index contributed by atoms with van der Waals surface area (Å²) in [6.07, 6.45) is 2.71. The summed E-state index contributed by atoms with van der Waals surface area (Å²) in [5.74, 6) is 1.06. The van der Waals surface area contributed by atoms with Gasteiger partial charge in [0.2, 0.25) is 0 Å². The number of rotatable bonds is 3. The quantitative estimate of drug-likeness (QED) is 0.884. The Bertz CT molecular complexity index is 404. The first-order chi connectivity index (χ1) is 8.50. The van der Waals surface area contributed by atoms with E-state index in [4.69, 9.17) is 10.5 Å². The lowest BCUT2D eigenvalue weighted by atomic mass is 10.00. The van der Waals surface area contributed by atoms with E-state index in [-0.39, 0.29) is 11.6 Å². The third-order valence-electron chi connectivity index (χ3n) is 3.31. The summed E-state index contributed by atoms with van der Waals surface area (Å²) in [5, 5.41) is 0. The molecule has 0 bridgehead atoms. The highest BCUT2D eigenvalue weighted by molar-refractivity contribution is 5.49. The van der Waals surface area contributed by atoms with Crippen molar-refractivity contribution in [3.05, 3.63) is 23.9 Å². The molecule has 1 aromatic rings. The van der Waals surface area contributed by atoms with Crippen molar-refractivity contribution in [2.75, 3.05) is 24.7 Å². The van der Waals surface area contributed by atoms with Crippen LogP contribution in [0.2, 0.25) is 0 Å². The van der Waals surface area contributed by atoms with E-state index in [2.05, 4.69) is 29.8 Å². The molecule has 0 aliphatic carbocycles. The van der Waals surface area contributed by atoms with Crippen molar-refractivity contribution in [2.24, 2.45) is 5.73 Å². The van der Waals surface area contributed by atoms with E-state index in [0.717, 1.165) is 32.0 Å². The van der Waals surface area contributed by atoms with Crippen LogP contribution < -0.4 is 10.6 Å². The summed E-state index contributed by atoms with van der Waals surface area (Å²) in [7, 11) is 0. The number of hydrogen-bond acceptors (Lipinski definition) is 4. The second-order valence-electron chi connectivity index (χ2n) is 5.68. The number of nitrogens with zero attached hydrogens (tertiary/aromatic N) is 2. The van der Waals surface area contributed by atoms with Crippen LogP contribution in [0.3, 0.4) is 0 Å². The molecule has 4 nitrogen and oxygen atoms in total. The van der Waals surface area contributed by atoms with Crippen LogP contribution in [0.5, 0.6) is 0 Å². The standard InChI is InChI=1S/C14H23N3O/c1-11(15)9-12-5-4-6-16-13(12)17-7-8-18-10-14(17,2)3/h4-6,11H,7-10,15H2,1-3H3. The molecule has 18 heavy (non-hydrogen) atoms. The van der Waals surface area contributed by atoms with Gasteiger partial charge in [0.05, 0.1) is 18.8 Å². The van der Waals surface area contributed by atoms with Crippen LogP contribution in [0.15, 0.2) is 18.3 Å². The molecule has 1 atom stereocenters. The molecule has 1 aromatic heterocycles. The highest BCUT2D eigenvalue weighted by atomic mass is 16.5. The van der Waals surface area contributed by atoms with E-state index in [1.165, 1.54) is 5.56 Å². The van der Waals surface area contributed by atoms with E-state index in [0.29, 0.717) is 0 Å². The molecule has 0 spiro atoms. The molecule has 0 saturated carbocycles. The molecular weight excluding hydrogens is 226 g/mol. The van der Waals surface area contributed by atoms with Crippen LogP contribution in [-0.2, 0) is 11.2 Å². The molecule has 2 N–H and O–H groups in total. The molecule has 4 heteroatoms. The molecule has 100 valence electrons. The van der Waals surface area contributed by atoms with Crippen molar-refractivity contribution >= 4 is 5.82 Å². The van der Waals surface area contributed by atoms with Gasteiger partial charge in [-0.2, -0.15) is 0 Å². The Labute approximate surface area is 109 Å². The van der Waals surface area contributed by atoms with Gasteiger partial charge in [0.25, 0.3) is 0 Å². The Balaban J connectivity index is 2.31. The zero-order chi connectivity index (χ0) is 13.2. The van der Waals surface area contributed by atoms with Gasteiger partial charge in [0.15, 0.2) is 0 Å².